The van der Waals surface area contributed by atoms with Gasteiger partial charge in [0.25, 0.3) is 0 Å². The Bertz CT molecular complexity index is 467. The summed E-state index contributed by atoms with van der Waals surface area (Å²) in [6.07, 6.45) is 2.79. The lowest BCUT2D eigenvalue weighted by Gasteiger charge is -2.24. The third-order valence-corrected chi connectivity index (χ3v) is 4.63. The number of ether oxygens (including phenoxy) is 1. The third-order valence-electron chi connectivity index (χ3n) is 3.78. The average molecular weight is 298 g/mol. The van der Waals surface area contributed by atoms with Crippen LogP contribution < -0.4 is 5.32 Å². The number of alkyl halides is 2. The molecule has 3 unspecified atom stereocenters. The zero-order chi connectivity index (χ0) is 14.3. The van der Waals surface area contributed by atoms with Gasteiger partial charge in [0.15, 0.2) is 16.7 Å². The van der Waals surface area contributed by atoms with Crippen molar-refractivity contribution in [3.05, 3.63) is 0 Å². The Morgan fingerprint density at radius 3 is 2.53 bits per heavy atom. The summed E-state index contributed by atoms with van der Waals surface area (Å²) in [7, 11) is -5.82. The lowest BCUT2D eigenvalue weighted by atomic mass is 9.96. The molecule has 6 nitrogen and oxygen atoms in total. The summed E-state index contributed by atoms with van der Waals surface area (Å²) >= 11 is 0. The molecule has 110 valence electrons. The van der Waals surface area contributed by atoms with Crippen LogP contribution in [0, 0.1) is 11.8 Å². The van der Waals surface area contributed by atoms with Gasteiger partial charge in [-0.3, -0.25) is 0 Å². The normalized spacial score (nSPS) is 30.4. The Labute approximate surface area is 109 Å². The molecular formula is C10H14F2NO5S-. The molecule has 0 aromatic heterocycles. The molecule has 2 aliphatic carbocycles. The number of fused-ring (bicyclic) bond motifs is 2. The highest BCUT2D eigenvalue weighted by molar-refractivity contribution is 7.86. The van der Waals surface area contributed by atoms with Gasteiger partial charge in [-0.05, 0) is 31.1 Å². The van der Waals surface area contributed by atoms with E-state index in [1.165, 1.54) is 0 Å². The number of amides is 1. The molecule has 0 aromatic rings. The van der Waals surface area contributed by atoms with E-state index in [4.69, 9.17) is 0 Å². The predicted molar refractivity (Wildman–Crippen MR) is 58.4 cm³/mol. The van der Waals surface area contributed by atoms with Crippen molar-refractivity contribution in [2.45, 2.75) is 37.0 Å². The fourth-order valence-electron chi connectivity index (χ4n) is 2.84. The summed E-state index contributed by atoms with van der Waals surface area (Å²) < 4.78 is 60.2. The van der Waals surface area contributed by atoms with Gasteiger partial charge in [0.05, 0.1) is 0 Å². The first-order chi connectivity index (χ1) is 8.69. The van der Waals surface area contributed by atoms with Crippen LogP contribution in [0.4, 0.5) is 13.6 Å². The SMILES string of the molecule is O=C(NC1CC2CCC1C2)OCC(F)(F)S(=O)(=O)[O-]. The first-order valence-corrected chi connectivity index (χ1v) is 7.36. The minimum atomic E-state index is -5.82. The monoisotopic (exact) mass is 298 g/mol. The van der Waals surface area contributed by atoms with Crippen LogP contribution in [0.2, 0.25) is 0 Å². The Balaban J connectivity index is 1.79. The molecule has 0 aliphatic heterocycles. The van der Waals surface area contributed by atoms with Crippen LogP contribution in [0.5, 0.6) is 0 Å². The van der Waals surface area contributed by atoms with Gasteiger partial charge in [-0.1, -0.05) is 6.42 Å². The molecule has 0 aromatic carbocycles. The van der Waals surface area contributed by atoms with Crippen LogP contribution >= 0.6 is 0 Å². The second-order valence-electron chi connectivity index (χ2n) is 5.09. The van der Waals surface area contributed by atoms with Crippen LogP contribution in [0.25, 0.3) is 0 Å². The highest BCUT2D eigenvalue weighted by Crippen LogP contribution is 2.44. The molecule has 3 atom stereocenters. The Kier molecular flexibility index (Phi) is 3.69. The maximum absolute atomic E-state index is 12.7. The highest BCUT2D eigenvalue weighted by Gasteiger charge is 2.42. The first kappa shape index (κ1) is 14.4. The summed E-state index contributed by atoms with van der Waals surface area (Å²) in [6, 6.07) is -0.108. The van der Waals surface area contributed by atoms with Gasteiger partial charge in [0.1, 0.15) is 0 Å². The number of halogens is 2. The summed E-state index contributed by atoms with van der Waals surface area (Å²) in [5, 5.41) is -2.16. The van der Waals surface area contributed by atoms with E-state index < -0.39 is 28.1 Å². The average Bonchev–Trinajstić information content (AvgIpc) is 2.86. The minimum absolute atomic E-state index is 0.108. The second-order valence-corrected chi connectivity index (χ2v) is 6.60. The summed E-state index contributed by atoms with van der Waals surface area (Å²) in [5.41, 5.74) is 0. The summed E-state index contributed by atoms with van der Waals surface area (Å²) in [6.45, 7) is -1.76. The predicted octanol–water partition coefficient (Wildman–Crippen LogP) is 1.04. The molecule has 0 spiro atoms. The van der Waals surface area contributed by atoms with Gasteiger partial charge in [-0.15, -0.1) is 0 Å². The van der Waals surface area contributed by atoms with Crippen molar-refractivity contribution in [3.63, 3.8) is 0 Å². The van der Waals surface area contributed by atoms with Crippen LogP contribution in [-0.4, -0.2) is 37.0 Å². The van der Waals surface area contributed by atoms with Crippen LogP contribution in [-0.2, 0) is 14.9 Å². The second kappa shape index (κ2) is 4.86. The van der Waals surface area contributed by atoms with Crippen molar-refractivity contribution in [1.29, 1.82) is 0 Å². The molecule has 0 heterocycles. The van der Waals surface area contributed by atoms with E-state index in [2.05, 4.69) is 10.1 Å². The number of carbonyl (C=O) groups is 1. The maximum Gasteiger partial charge on any atom is 0.407 e. The molecule has 19 heavy (non-hydrogen) atoms. The number of rotatable bonds is 4. The van der Waals surface area contributed by atoms with Gasteiger partial charge >= 0.3 is 11.3 Å². The van der Waals surface area contributed by atoms with Gasteiger partial charge in [0, 0.05) is 6.04 Å². The molecule has 2 saturated carbocycles. The van der Waals surface area contributed by atoms with Crippen LogP contribution in [0.15, 0.2) is 0 Å². The molecule has 2 bridgehead atoms. The lowest BCUT2D eigenvalue weighted by molar-refractivity contribution is 0.00546. The molecule has 2 aliphatic rings. The number of hydrogen-bond donors (Lipinski definition) is 1. The van der Waals surface area contributed by atoms with E-state index in [1.807, 2.05) is 0 Å². The van der Waals surface area contributed by atoms with E-state index >= 15 is 0 Å². The minimum Gasteiger partial charge on any atom is -0.743 e. The molecule has 0 radical (unpaired) electrons. The van der Waals surface area contributed by atoms with Crippen LogP contribution in [0.3, 0.4) is 0 Å². The molecule has 2 fully saturated rings. The van der Waals surface area contributed by atoms with Gasteiger partial charge in [0.2, 0.25) is 0 Å². The van der Waals surface area contributed by atoms with Crippen molar-refractivity contribution < 1.29 is 31.3 Å². The molecule has 0 saturated heterocycles. The fraction of sp³-hybridized carbons (Fsp3) is 0.900. The smallest absolute Gasteiger partial charge is 0.407 e. The highest BCUT2D eigenvalue weighted by atomic mass is 32.2. The van der Waals surface area contributed by atoms with Crippen molar-refractivity contribution in [1.82, 2.24) is 5.32 Å². The number of hydrogen-bond acceptors (Lipinski definition) is 5. The lowest BCUT2D eigenvalue weighted by Crippen LogP contribution is -2.42. The van der Waals surface area contributed by atoms with E-state index in [9.17, 15) is 26.5 Å². The van der Waals surface area contributed by atoms with Crippen molar-refractivity contribution in [2.24, 2.45) is 11.8 Å². The third kappa shape index (κ3) is 3.14. The Morgan fingerprint density at radius 2 is 2.05 bits per heavy atom. The van der Waals surface area contributed by atoms with Crippen molar-refractivity contribution >= 4 is 16.2 Å². The molecule has 9 heteroatoms. The quantitative estimate of drug-likeness (QED) is 0.782. The van der Waals surface area contributed by atoms with Gasteiger partial charge in [-0.2, -0.15) is 8.78 Å². The van der Waals surface area contributed by atoms with E-state index in [0.29, 0.717) is 11.8 Å². The summed E-state index contributed by atoms with van der Waals surface area (Å²) in [4.78, 5) is 11.3. The molecule has 1 N–H and O–H groups in total. The Hall–Kier alpha value is -0.960. The number of carbonyl (C=O) groups excluding carboxylic acids is 1. The van der Waals surface area contributed by atoms with Gasteiger partial charge < -0.3 is 14.6 Å². The van der Waals surface area contributed by atoms with Crippen LogP contribution in [0.1, 0.15) is 25.7 Å². The van der Waals surface area contributed by atoms with E-state index in [-0.39, 0.29) is 6.04 Å². The fourth-order valence-corrected chi connectivity index (χ4v) is 3.04. The summed E-state index contributed by atoms with van der Waals surface area (Å²) in [5.74, 6) is 0.889. The molecule has 1 amide bonds. The first-order valence-electron chi connectivity index (χ1n) is 5.95. The zero-order valence-corrected chi connectivity index (χ0v) is 10.8. The molecular weight excluding hydrogens is 284 g/mol. The van der Waals surface area contributed by atoms with E-state index in [0.717, 1.165) is 25.7 Å². The number of alkyl carbamates (subject to hydrolysis) is 1. The topological polar surface area (TPSA) is 95.5 Å². The van der Waals surface area contributed by atoms with Crippen molar-refractivity contribution in [3.8, 4) is 0 Å². The van der Waals surface area contributed by atoms with Gasteiger partial charge in [-0.25, -0.2) is 13.2 Å². The maximum atomic E-state index is 12.7. The zero-order valence-electron chi connectivity index (χ0n) is 9.97. The molecule has 2 rings (SSSR count). The van der Waals surface area contributed by atoms with Crippen molar-refractivity contribution in [2.75, 3.05) is 6.61 Å². The Morgan fingerprint density at radius 1 is 1.37 bits per heavy atom. The van der Waals surface area contributed by atoms with E-state index in [1.54, 1.807) is 0 Å². The number of nitrogens with one attached hydrogen (secondary N) is 1. The largest absolute Gasteiger partial charge is 0.743 e. The standard InChI is InChI=1S/C10H15F2NO5S/c11-10(12,19(15,16)17)5-18-9(14)13-8-4-6-1-2-7(8)3-6/h6-8H,1-5H2,(H,13,14)(H,15,16,17)/p-1.